The fourth-order valence-corrected chi connectivity index (χ4v) is 2.61. The van der Waals surface area contributed by atoms with Crippen molar-refractivity contribution >= 4 is 15.5 Å². The Morgan fingerprint density at radius 1 is 1.39 bits per heavy atom. The van der Waals surface area contributed by atoms with Gasteiger partial charge in [-0.15, -0.1) is 0 Å². The van der Waals surface area contributed by atoms with E-state index in [-0.39, 0.29) is 5.75 Å². The maximum Gasteiger partial charge on any atom is 0.148 e. The van der Waals surface area contributed by atoms with Crippen LogP contribution < -0.4 is 5.73 Å². The molecule has 1 saturated carbocycles. The van der Waals surface area contributed by atoms with E-state index in [0.717, 1.165) is 17.8 Å². The molecular weight excluding hydrogens is 248 g/mol. The van der Waals surface area contributed by atoms with Gasteiger partial charge >= 0.3 is 0 Å². The molecule has 4 nitrogen and oxygen atoms in total. The molecule has 1 aliphatic carbocycles. The van der Waals surface area contributed by atoms with Crippen LogP contribution >= 0.6 is 0 Å². The zero-order valence-corrected chi connectivity index (χ0v) is 11.5. The summed E-state index contributed by atoms with van der Waals surface area (Å²) in [5.74, 6) is 0.228. The summed E-state index contributed by atoms with van der Waals surface area (Å²) in [6, 6.07) is 8.34. The van der Waals surface area contributed by atoms with E-state index in [1.165, 1.54) is 19.1 Å². The van der Waals surface area contributed by atoms with Crippen LogP contribution in [0.5, 0.6) is 0 Å². The molecule has 0 aromatic heterocycles. The minimum atomic E-state index is -2.89. The summed E-state index contributed by atoms with van der Waals surface area (Å²) in [5.41, 5.74) is 7.66. The lowest BCUT2D eigenvalue weighted by Crippen LogP contribution is -2.30. The van der Waals surface area contributed by atoms with E-state index < -0.39 is 9.84 Å². The molecule has 1 fully saturated rings. The van der Waals surface area contributed by atoms with Crippen molar-refractivity contribution in [3.63, 3.8) is 0 Å². The van der Waals surface area contributed by atoms with Gasteiger partial charge in [-0.3, -0.25) is 4.90 Å². The monoisotopic (exact) mass is 268 g/mol. The molecule has 1 aromatic carbocycles. The van der Waals surface area contributed by atoms with Crippen LogP contribution in [0.2, 0.25) is 0 Å². The number of nitrogens with two attached hydrogens (primary N) is 1. The number of hydrogen-bond donors (Lipinski definition) is 1. The van der Waals surface area contributed by atoms with Crippen molar-refractivity contribution in [2.24, 2.45) is 0 Å². The number of benzene rings is 1. The molecule has 1 aliphatic rings. The first-order chi connectivity index (χ1) is 8.44. The average Bonchev–Trinajstić information content (AvgIpc) is 3.06. The lowest BCUT2D eigenvalue weighted by molar-refractivity contribution is 0.270. The van der Waals surface area contributed by atoms with Gasteiger partial charge in [0, 0.05) is 31.1 Å². The number of anilines is 1. The first-order valence-electron chi connectivity index (χ1n) is 6.20. The highest BCUT2D eigenvalue weighted by Gasteiger charge is 2.29. The van der Waals surface area contributed by atoms with E-state index in [9.17, 15) is 8.42 Å². The molecule has 100 valence electrons. The Kier molecular flexibility index (Phi) is 3.92. The molecule has 0 amide bonds. The van der Waals surface area contributed by atoms with Crippen LogP contribution in [0.4, 0.5) is 5.69 Å². The lowest BCUT2D eigenvalue weighted by atomic mass is 10.2. The van der Waals surface area contributed by atoms with Crippen LogP contribution in [-0.4, -0.2) is 37.9 Å². The van der Waals surface area contributed by atoms with Crippen molar-refractivity contribution in [2.75, 3.05) is 24.3 Å². The minimum Gasteiger partial charge on any atom is -0.399 e. The largest absolute Gasteiger partial charge is 0.399 e. The SMILES string of the molecule is CS(=O)(=O)CCN(Cc1cccc(N)c1)C1CC1. The summed E-state index contributed by atoms with van der Waals surface area (Å²) in [6.07, 6.45) is 3.64. The van der Waals surface area contributed by atoms with Crippen molar-refractivity contribution in [1.82, 2.24) is 4.90 Å². The highest BCUT2D eigenvalue weighted by atomic mass is 32.2. The predicted octanol–water partition coefficient (Wildman–Crippen LogP) is 1.28. The van der Waals surface area contributed by atoms with Crippen molar-refractivity contribution in [3.05, 3.63) is 29.8 Å². The van der Waals surface area contributed by atoms with Crippen LogP contribution in [0.3, 0.4) is 0 Å². The van der Waals surface area contributed by atoms with Gasteiger partial charge in [0.1, 0.15) is 9.84 Å². The molecule has 0 heterocycles. The molecule has 0 radical (unpaired) electrons. The second-order valence-corrected chi connectivity index (χ2v) is 7.34. The van der Waals surface area contributed by atoms with Gasteiger partial charge in [-0.1, -0.05) is 12.1 Å². The first kappa shape index (κ1) is 13.4. The molecule has 0 aliphatic heterocycles. The van der Waals surface area contributed by atoms with Crippen LogP contribution in [0.25, 0.3) is 0 Å². The molecule has 1 aromatic rings. The molecule has 0 unspecified atom stereocenters. The molecular formula is C13H20N2O2S. The molecule has 0 saturated heterocycles. The average molecular weight is 268 g/mol. The van der Waals surface area contributed by atoms with E-state index in [2.05, 4.69) is 4.90 Å². The Hall–Kier alpha value is -1.07. The summed E-state index contributed by atoms with van der Waals surface area (Å²) in [7, 11) is -2.89. The minimum absolute atomic E-state index is 0.228. The molecule has 2 rings (SSSR count). The third kappa shape index (κ3) is 4.31. The van der Waals surface area contributed by atoms with E-state index in [0.29, 0.717) is 12.6 Å². The van der Waals surface area contributed by atoms with Gasteiger partial charge in [0.15, 0.2) is 0 Å². The molecule has 18 heavy (non-hydrogen) atoms. The van der Waals surface area contributed by atoms with E-state index in [4.69, 9.17) is 5.73 Å². The van der Waals surface area contributed by atoms with E-state index in [1.807, 2.05) is 24.3 Å². The summed E-state index contributed by atoms with van der Waals surface area (Å²) >= 11 is 0. The van der Waals surface area contributed by atoms with Crippen molar-refractivity contribution in [1.29, 1.82) is 0 Å². The van der Waals surface area contributed by atoms with E-state index in [1.54, 1.807) is 0 Å². The highest BCUT2D eigenvalue weighted by molar-refractivity contribution is 7.90. The third-order valence-corrected chi connectivity index (χ3v) is 4.07. The molecule has 0 bridgehead atoms. The molecule has 0 atom stereocenters. The Morgan fingerprint density at radius 2 is 2.11 bits per heavy atom. The molecule has 5 heteroatoms. The van der Waals surface area contributed by atoms with Crippen molar-refractivity contribution in [3.8, 4) is 0 Å². The quantitative estimate of drug-likeness (QED) is 0.789. The Labute approximate surface area is 109 Å². The smallest absolute Gasteiger partial charge is 0.148 e. The van der Waals surface area contributed by atoms with Crippen LogP contribution in [-0.2, 0) is 16.4 Å². The second-order valence-electron chi connectivity index (χ2n) is 5.08. The number of rotatable bonds is 6. The Bertz CT molecular complexity index is 509. The van der Waals surface area contributed by atoms with Gasteiger partial charge in [-0.2, -0.15) is 0 Å². The van der Waals surface area contributed by atoms with E-state index >= 15 is 0 Å². The maximum absolute atomic E-state index is 11.2. The van der Waals surface area contributed by atoms with Gasteiger partial charge in [0.25, 0.3) is 0 Å². The lowest BCUT2D eigenvalue weighted by Gasteiger charge is -2.21. The fourth-order valence-electron chi connectivity index (χ4n) is 2.04. The first-order valence-corrected chi connectivity index (χ1v) is 8.26. The Morgan fingerprint density at radius 3 is 2.67 bits per heavy atom. The highest BCUT2D eigenvalue weighted by Crippen LogP contribution is 2.28. The van der Waals surface area contributed by atoms with Crippen LogP contribution in [0, 0.1) is 0 Å². The summed E-state index contributed by atoms with van der Waals surface area (Å²) in [4.78, 5) is 2.25. The van der Waals surface area contributed by atoms with Gasteiger partial charge in [-0.05, 0) is 30.5 Å². The molecule has 2 N–H and O–H groups in total. The third-order valence-electron chi connectivity index (χ3n) is 3.15. The zero-order valence-electron chi connectivity index (χ0n) is 10.7. The summed E-state index contributed by atoms with van der Waals surface area (Å²) in [5, 5.41) is 0. The van der Waals surface area contributed by atoms with Gasteiger partial charge in [-0.25, -0.2) is 8.42 Å². The summed E-state index contributed by atoms with van der Waals surface area (Å²) < 4.78 is 22.5. The summed E-state index contributed by atoms with van der Waals surface area (Å²) in [6.45, 7) is 1.39. The fraction of sp³-hybridized carbons (Fsp3) is 0.538. The topological polar surface area (TPSA) is 63.4 Å². The molecule has 0 spiro atoms. The number of nitrogen functional groups attached to an aromatic ring is 1. The van der Waals surface area contributed by atoms with Crippen molar-refractivity contribution < 1.29 is 8.42 Å². The number of nitrogens with zero attached hydrogens (tertiary/aromatic N) is 1. The second kappa shape index (κ2) is 5.28. The maximum atomic E-state index is 11.2. The van der Waals surface area contributed by atoms with Crippen molar-refractivity contribution in [2.45, 2.75) is 25.4 Å². The Balaban J connectivity index is 1.98. The normalized spacial score (nSPS) is 16.1. The number of sulfone groups is 1. The number of hydrogen-bond acceptors (Lipinski definition) is 4. The van der Waals surface area contributed by atoms with Gasteiger partial charge < -0.3 is 5.73 Å². The van der Waals surface area contributed by atoms with Gasteiger partial charge in [0.2, 0.25) is 0 Å². The predicted molar refractivity (Wildman–Crippen MR) is 74.0 cm³/mol. The van der Waals surface area contributed by atoms with Crippen LogP contribution in [0.15, 0.2) is 24.3 Å². The van der Waals surface area contributed by atoms with Gasteiger partial charge in [0.05, 0.1) is 5.75 Å². The van der Waals surface area contributed by atoms with Crippen LogP contribution in [0.1, 0.15) is 18.4 Å². The zero-order chi connectivity index (χ0) is 13.2. The standard InChI is InChI=1S/C13H20N2O2S/c1-18(16,17)8-7-15(13-5-6-13)10-11-3-2-4-12(14)9-11/h2-4,9,13H,5-8,10,14H2,1H3.